The Hall–Kier alpha value is -2.15. The normalized spacial score (nSPS) is 10.1. The van der Waals surface area contributed by atoms with E-state index in [9.17, 15) is 0 Å². The number of hydrogen-bond donors (Lipinski definition) is 0. The van der Waals surface area contributed by atoms with E-state index in [1.165, 1.54) is 5.56 Å². The van der Waals surface area contributed by atoms with E-state index in [0.29, 0.717) is 31.0 Å². The second kappa shape index (κ2) is 5.26. The van der Waals surface area contributed by atoms with Crippen LogP contribution in [0.4, 0.5) is 0 Å². The van der Waals surface area contributed by atoms with Crippen LogP contribution >= 0.6 is 0 Å². The first-order chi connectivity index (χ1) is 8.28. The minimum absolute atomic E-state index is 0.409. The predicted octanol–water partition coefficient (Wildman–Crippen LogP) is 2.43. The summed E-state index contributed by atoms with van der Waals surface area (Å²) in [6.45, 7) is 2.05. The highest BCUT2D eigenvalue weighted by molar-refractivity contribution is 5.23. The molecule has 0 fully saturated rings. The lowest BCUT2D eigenvalue weighted by atomic mass is 10.1. The molecule has 2 aromatic rings. The van der Waals surface area contributed by atoms with Crippen molar-refractivity contribution in [1.82, 2.24) is 10.1 Å². The summed E-state index contributed by atoms with van der Waals surface area (Å²) in [5, 5.41) is 12.3. The molecular weight excluding hydrogens is 214 g/mol. The van der Waals surface area contributed by atoms with E-state index in [2.05, 4.69) is 47.4 Å². The van der Waals surface area contributed by atoms with Crippen molar-refractivity contribution in [3.8, 4) is 6.07 Å². The van der Waals surface area contributed by atoms with Gasteiger partial charge in [0.1, 0.15) is 0 Å². The van der Waals surface area contributed by atoms with E-state index in [1.807, 2.05) is 0 Å². The van der Waals surface area contributed by atoms with Gasteiger partial charge in [-0.2, -0.15) is 10.2 Å². The average molecular weight is 227 g/mol. The zero-order chi connectivity index (χ0) is 12.1. The molecule has 4 nitrogen and oxygen atoms in total. The van der Waals surface area contributed by atoms with Crippen molar-refractivity contribution in [2.24, 2.45) is 0 Å². The van der Waals surface area contributed by atoms with E-state index >= 15 is 0 Å². The summed E-state index contributed by atoms with van der Waals surface area (Å²) in [7, 11) is 0. The smallest absolute Gasteiger partial charge is 0.227 e. The van der Waals surface area contributed by atoms with Gasteiger partial charge < -0.3 is 4.52 Å². The first kappa shape index (κ1) is 11.3. The number of hydrogen-bond acceptors (Lipinski definition) is 4. The van der Waals surface area contributed by atoms with Crippen molar-refractivity contribution < 1.29 is 4.52 Å². The molecule has 0 saturated carbocycles. The molecule has 0 saturated heterocycles. The molecule has 86 valence electrons. The fourth-order valence-corrected chi connectivity index (χ4v) is 1.51. The number of rotatable bonds is 4. The van der Waals surface area contributed by atoms with Crippen molar-refractivity contribution in [2.45, 2.75) is 26.2 Å². The molecule has 0 aliphatic heterocycles. The van der Waals surface area contributed by atoms with Crippen LogP contribution in [0.2, 0.25) is 0 Å². The lowest BCUT2D eigenvalue weighted by molar-refractivity contribution is 0.375. The molecule has 1 aromatic carbocycles. The van der Waals surface area contributed by atoms with Crippen LogP contribution in [0.3, 0.4) is 0 Å². The maximum atomic E-state index is 8.46. The highest BCUT2D eigenvalue weighted by Gasteiger charge is 2.06. The monoisotopic (exact) mass is 227 g/mol. The Balaban J connectivity index is 2.01. The molecule has 0 radical (unpaired) electrons. The third-order valence-electron chi connectivity index (χ3n) is 2.44. The number of benzene rings is 1. The quantitative estimate of drug-likeness (QED) is 0.804. The van der Waals surface area contributed by atoms with Crippen LogP contribution in [-0.2, 0) is 12.8 Å². The molecule has 0 N–H and O–H groups in total. The zero-order valence-electron chi connectivity index (χ0n) is 9.68. The van der Waals surface area contributed by atoms with E-state index in [0.717, 1.165) is 5.56 Å². The Morgan fingerprint density at radius 3 is 2.76 bits per heavy atom. The molecule has 4 heteroatoms. The standard InChI is InChI=1S/C13H13N3O/c1-10-4-6-11(7-5-10)9-12-15-13(17-16-12)3-2-8-14/h4-7H,2-3,9H2,1H3. The Bertz CT molecular complexity index is 522. The van der Waals surface area contributed by atoms with Crippen LogP contribution in [0.25, 0.3) is 0 Å². The summed E-state index contributed by atoms with van der Waals surface area (Å²) in [5.41, 5.74) is 2.39. The number of aromatic nitrogens is 2. The maximum absolute atomic E-state index is 8.46. The first-order valence-corrected chi connectivity index (χ1v) is 5.52. The van der Waals surface area contributed by atoms with E-state index in [4.69, 9.17) is 9.78 Å². The number of aryl methyl sites for hydroxylation is 2. The highest BCUT2D eigenvalue weighted by Crippen LogP contribution is 2.09. The fraction of sp³-hybridized carbons (Fsp3) is 0.308. The second-order valence-corrected chi connectivity index (χ2v) is 3.92. The summed E-state index contributed by atoms with van der Waals surface area (Å²) in [4.78, 5) is 4.24. The number of nitrogens with zero attached hydrogens (tertiary/aromatic N) is 3. The van der Waals surface area contributed by atoms with Gasteiger partial charge in [-0.1, -0.05) is 35.0 Å². The molecule has 0 bridgehead atoms. The second-order valence-electron chi connectivity index (χ2n) is 3.92. The van der Waals surface area contributed by atoms with Gasteiger partial charge in [0.25, 0.3) is 0 Å². The lowest BCUT2D eigenvalue weighted by Crippen LogP contribution is -1.91. The van der Waals surface area contributed by atoms with Crippen molar-refractivity contribution >= 4 is 0 Å². The average Bonchev–Trinajstić information content (AvgIpc) is 2.77. The van der Waals surface area contributed by atoms with Crippen LogP contribution in [0.1, 0.15) is 29.3 Å². The Labute approximate surface area is 99.9 Å². The van der Waals surface area contributed by atoms with Gasteiger partial charge in [0.15, 0.2) is 5.82 Å². The van der Waals surface area contributed by atoms with Gasteiger partial charge in [0, 0.05) is 19.3 Å². The van der Waals surface area contributed by atoms with Gasteiger partial charge in [0.2, 0.25) is 5.89 Å². The van der Waals surface area contributed by atoms with Crippen LogP contribution < -0.4 is 0 Å². The highest BCUT2D eigenvalue weighted by atomic mass is 16.5. The first-order valence-electron chi connectivity index (χ1n) is 5.52. The van der Waals surface area contributed by atoms with Crippen LogP contribution in [-0.4, -0.2) is 10.1 Å². The minimum atomic E-state index is 0.409. The Morgan fingerprint density at radius 2 is 2.06 bits per heavy atom. The molecule has 2 rings (SSSR count). The SMILES string of the molecule is Cc1ccc(Cc2noc(CCC#N)n2)cc1. The number of nitriles is 1. The molecule has 0 aliphatic rings. The predicted molar refractivity (Wildman–Crippen MR) is 62.2 cm³/mol. The molecule has 0 atom stereocenters. The molecule has 0 aliphatic carbocycles. The summed E-state index contributed by atoms with van der Waals surface area (Å²) >= 11 is 0. The molecule has 0 spiro atoms. The van der Waals surface area contributed by atoms with Gasteiger partial charge in [-0.3, -0.25) is 0 Å². The Kier molecular flexibility index (Phi) is 3.51. The summed E-state index contributed by atoms with van der Waals surface area (Å²) in [5.74, 6) is 1.20. The molecular formula is C13H13N3O. The van der Waals surface area contributed by atoms with Crippen molar-refractivity contribution in [2.75, 3.05) is 0 Å². The molecule has 17 heavy (non-hydrogen) atoms. The van der Waals surface area contributed by atoms with Gasteiger partial charge in [-0.25, -0.2) is 0 Å². The van der Waals surface area contributed by atoms with Crippen LogP contribution in [0, 0.1) is 18.3 Å². The van der Waals surface area contributed by atoms with E-state index < -0.39 is 0 Å². The summed E-state index contributed by atoms with van der Waals surface area (Å²) in [6, 6.07) is 10.3. The lowest BCUT2D eigenvalue weighted by Gasteiger charge is -1.96. The Morgan fingerprint density at radius 1 is 1.29 bits per heavy atom. The largest absolute Gasteiger partial charge is 0.339 e. The molecule has 1 aromatic heterocycles. The zero-order valence-corrected chi connectivity index (χ0v) is 9.68. The van der Waals surface area contributed by atoms with Gasteiger partial charge >= 0.3 is 0 Å². The topological polar surface area (TPSA) is 62.7 Å². The molecule has 1 heterocycles. The molecule has 0 unspecified atom stereocenters. The van der Waals surface area contributed by atoms with Crippen molar-refractivity contribution in [3.05, 3.63) is 47.1 Å². The molecule has 0 amide bonds. The van der Waals surface area contributed by atoms with Crippen LogP contribution in [0.15, 0.2) is 28.8 Å². The van der Waals surface area contributed by atoms with Crippen LogP contribution in [0.5, 0.6) is 0 Å². The van der Waals surface area contributed by atoms with Crippen molar-refractivity contribution in [1.29, 1.82) is 5.26 Å². The minimum Gasteiger partial charge on any atom is -0.339 e. The van der Waals surface area contributed by atoms with E-state index in [1.54, 1.807) is 0 Å². The van der Waals surface area contributed by atoms with E-state index in [-0.39, 0.29) is 0 Å². The third-order valence-corrected chi connectivity index (χ3v) is 2.44. The summed E-state index contributed by atoms with van der Waals surface area (Å²) < 4.78 is 5.05. The van der Waals surface area contributed by atoms with Gasteiger partial charge in [-0.15, -0.1) is 0 Å². The van der Waals surface area contributed by atoms with Crippen molar-refractivity contribution in [3.63, 3.8) is 0 Å². The van der Waals surface area contributed by atoms with Gasteiger partial charge in [-0.05, 0) is 12.5 Å². The third kappa shape index (κ3) is 3.15. The van der Waals surface area contributed by atoms with Gasteiger partial charge in [0.05, 0.1) is 6.07 Å². The maximum Gasteiger partial charge on any atom is 0.227 e. The fourth-order valence-electron chi connectivity index (χ4n) is 1.51. The summed E-state index contributed by atoms with van der Waals surface area (Å²) in [6.07, 6.45) is 1.60.